The molecule has 10 heteroatoms. The van der Waals surface area contributed by atoms with Crippen LogP contribution in [0.25, 0.3) is 0 Å². The van der Waals surface area contributed by atoms with E-state index in [9.17, 15) is 18.0 Å². The van der Waals surface area contributed by atoms with E-state index in [4.69, 9.17) is 27.9 Å². The quantitative estimate of drug-likeness (QED) is 0.626. The molecule has 2 aromatic carbocycles. The summed E-state index contributed by atoms with van der Waals surface area (Å²) < 4.78 is 31.9. The molecule has 0 bridgehead atoms. The third-order valence-corrected chi connectivity index (χ3v) is 7.47. The van der Waals surface area contributed by atoms with E-state index in [1.807, 2.05) is 0 Å². The highest BCUT2D eigenvalue weighted by atomic mass is 35.5. The van der Waals surface area contributed by atoms with Crippen molar-refractivity contribution in [3.05, 3.63) is 63.6 Å². The highest BCUT2D eigenvalue weighted by molar-refractivity contribution is 7.88. The number of halogens is 2. The van der Waals surface area contributed by atoms with Crippen LogP contribution in [0.15, 0.2) is 42.5 Å². The number of amides is 1. The molecule has 1 heterocycles. The van der Waals surface area contributed by atoms with Crippen molar-refractivity contribution in [3.8, 4) is 0 Å². The minimum atomic E-state index is -3.68. The molecular weight excluding hydrogens is 463 g/mol. The molecule has 0 aliphatic carbocycles. The summed E-state index contributed by atoms with van der Waals surface area (Å²) >= 11 is 12.0. The maximum atomic E-state index is 12.9. The summed E-state index contributed by atoms with van der Waals surface area (Å²) in [5, 5.41) is 3.44. The van der Waals surface area contributed by atoms with E-state index in [2.05, 4.69) is 5.32 Å². The SMILES string of the molecule is COC(=O)c1ccccc1NC(=O)C1CCCN(S(=O)(=O)Cc2ccc(Cl)cc2Cl)C1. The van der Waals surface area contributed by atoms with Crippen LogP contribution in [0.2, 0.25) is 10.0 Å². The van der Waals surface area contributed by atoms with Crippen LogP contribution in [0.5, 0.6) is 0 Å². The lowest BCUT2D eigenvalue weighted by molar-refractivity contribution is -0.120. The standard InChI is InChI=1S/C21H22Cl2N2O5S/c1-30-21(27)17-6-2-3-7-19(17)24-20(26)14-5-4-10-25(12-14)31(28,29)13-15-8-9-16(22)11-18(15)23/h2-3,6-9,11,14H,4-5,10,12-13H2,1H3,(H,24,26). The minimum Gasteiger partial charge on any atom is -0.465 e. The van der Waals surface area contributed by atoms with Crippen molar-refractivity contribution in [3.63, 3.8) is 0 Å². The zero-order valence-electron chi connectivity index (χ0n) is 16.8. The second kappa shape index (κ2) is 9.99. The Balaban J connectivity index is 1.71. The fraction of sp³-hybridized carbons (Fsp3) is 0.333. The molecule has 31 heavy (non-hydrogen) atoms. The number of hydrogen-bond acceptors (Lipinski definition) is 5. The molecule has 2 aromatic rings. The zero-order chi connectivity index (χ0) is 22.6. The molecule has 1 unspecified atom stereocenters. The van der Waals surface area contributed by atoms with Gasteiger partial charge in [-0.15, -0.1) is 0 Å². The summed E-state index contributed by atoms with van der Waals surface area (Å²) in [6.07, 6.45) is 1.09. The van der Waals surface area contributed by atoms with Crippen LogP contribution >= 0.6 is 23.2 Å². The predicted molar refractivity (Wildman–Crippen MR) is 120 cm³/mol. The van der Waals surface area contributed by atoms with Crippen molar-refractivity contribution in [2.24, 2.45) is 5.92 Å². The van der Waals surface area contributed by atoms with Crippen molar-refractivity contribution in [2.45, 2.75) is 18.6 Å². The van der Waals surface area contributed by atoms with Gasteiger partial charge in [-0.2, -0.15) is 0 Å². The number of carbonyl (C=O) groups is 2. The normalized spacial score (nSPS) is 17.2. The van der Waals surface area contributed by atoms with E-state index in [-0.39, 0.29) is 28.8 Å². The fourth-order valence-electron chi connectivity index (χ4n) is 3.45. The molecule has 0 aromatic heterocycles. The molecule has 1 atom stereocenters. The van der Waals surface area contributed by atoms with Gasteiger partial charge in [0, 0.05) is 23.1 Å². The Kier molecular flexibility index (Phi) is 7.59. The van der Waals surface area contributed by atoms with E-state index in [0.717, 1.165) is 0 Å². The van der Waals surface area contributed by atoms with E-state index < -0.39 is 21.9 Å². The van der Waals surface area contributed by atoms with E-state index in [0.29, 0.717) is 35.7 Å². The number of esters is 1. The van der Waals surface area contributed by atoms with Crippen LogP contribution < -0.4 is 5.32 Å². The molecule has 0 spiro atoms. The molecule has 0 radical (unpaired) electrons. The van der Waals surface area contributed by atoms with Crippen LogP contribution in [0.1, 0.15) is 28.8 Å². The van der Waals surface area contributed by atoms with Gasteiger partial charge in [0.2, 0.25) is 15.9 Å². The summed E-state index contributed by atoms with van der Waals surface area (Å²) in [5.74, 6) is -1.73. The number of para-hydroxylation sites is 1. The Labute approximate surface area is 191 Å². The third kappa shape index (κ3) is 5.77. The number of hydrogen-bond donors (Lipinski definition) is 1. The molecule has 1 N–H and O–H groups in total. The Morgan fingerprint density at radius 3 is 2.65 bits per heavy atom. The summed E-state index contributed by atoms with van der Waals surface area (Å²) in [6.45, 7) is 0.385. The van der Waals surface area contributed by atoms with Gasteiger partial charge in [0.1, 0.15) is 0 Å². The highest BCUT2D eigenvalue weighted by Crippen LogP contribution is 2.27. The van der Waals surface area contributed by atoms with Crippen molar-refractivity contribution in [1.82, 2.24) is 4.31 Å². The van der Waals surface area contributed by atoms with E-state index in [1.54, 1.807) is 36.4 Å². The number of ether oxygens (including phenoxy) is 1. The maximum absolute atomic E-state index is 12.9. The largest absolute Gasteiger partial charge is 0.465 e. The minimum absolute atomic E-state index is 0.0553. The van der Waals surface area contributed by atoms with Gasteiger partial charge in [0.15, 0.2) is 0 Å². The van der Waals surface area contributed by atoms with Crippen molar-refractivity contribution in [1.29, 1.82) is 0 Å². The molecule has 3 rings (SSSR count). The molecule has 166 valence electrons. The van der Waals surface area contributed by atoms with Gasteiger partial charge in [-0.25, -0.2) is 17.5 Å². The fourth-order valence-corrected chi connectivity index (χ4v) is 5.65. The van der Waals surface area contributed by atoms with Gasteiger partial charge < -0.3 is 10.1 Å². The Hall–Kier alpha value is -2.13. The topological polar surface area (TPSA) is 92.8 Å². The number of methoxy groups -OCH3 is 1. The first kappa shape index (κ1) is 23.5. The van der Waals surface area contributed by atoms with Gasteiger partial charge in [-0.05, 0) is 42.7 Å². The van der Waals surface area contributed by atoms with Gasteiger partial charge >= 0.3 is 5.97 Å². The lowest BCUT2D eigenvalue weighted by Gasteiger charge is -2.31. The number of nitrogens with one attached hydrogen (secondary N) is 1. The van der Waals surface area contributed by atoms with Gasteiger partial charge in [0.05, 0.1) is 30.0 Å². The van der Waals surface area contributed by atoms with Crippen LogP contribution in [-0.4, -0.2) is 44.8 Å². The van der Waals surface area contributed by atoms with E-state index in [1.165, 1.54) is 17.5 Å². The van der Waals surface area contributed by atoms with Crippen LogP contribution in [0, 0.1) is 5.92 Å². The zero-order valence-corrected chi connectivity index (χ0v) is 19.1. The maximum Gasteiger partial charge on any atom is 0.339 e. The van der Waals surface area contributed by atoms with Crippen LogP contribution in [0.3, 0.4) is 0 Å². The van der Waals surface area contributed by atoms with Crippen LogP contribution in [0.4, 0.5) is 5.69 Å². The Morgan fingerprint density at radius 2 is 1.94 bits per heavy atom. The molecule has 1 fully saturated rings. The average molecular weight is 485 g/mol. The average Bonchev–Trinajstić information content (AvgIpc) is 2.75. The Morgan fingerprint density at radius 1 is 1.19 bits per heavy atom. The number of rotatable bonds is 6. The molecule has 0 saturated carbocycles. The number of sulfonamides is 1. The second-order valence-electron chi connectivity index (χ2n) is 7.22. The molecule has 1 amide bonds. The first-order valence-corrected chi connectivity index (χ1v) is 12.0. The number of anilines is 1. The number of benzene rings is 2. The van der Waals surface area contributed by atoms with Crippen molar-refractivity contribution >= 4 is 50.8 Å². The lowest BCUT2D eigenvalue weighted by atomic mass is 9.98. The number of carbonyl (C=O) groups excluding carboxylic acids is 2. The second-order valence-corrected chi connectivity index (χ2v) is 10.0. The van der Waals surface area contributed by atoms with E-state index >= 15 is 0 Å². The Bertz CT molecular complexity index is 1090. The first-order valence-electron chi connectivity index (χ1n) is 9.61. The summed E-state index contributed by atoms with van der Waals surface area (Å²) in [4.78, 5) is 24.8. The lowest BCUT2D eigenvalue weighted by Crippen LogP contribution is -2.44. The third-order valence-electron chi connectivity index (χ3n) is 5.09. The van der Waals surface area contributed by atoms with Crippen molar-refractivity contribution < 1.29 is 22.7 Å². The number of nitrogens with zero attached hydrogens (tertiary/aromatic N) is 1. The van der Waals surface area contributed by atoms with Gasteiger partial charge in [-0.3, -0.25) is 4.79 Å². The molecule has 7 nitrogen and oxygen atoms in total. The van der Waals surface area contributed by atoms with Gasteiger partial charge in [0.25, 0.3) is 0 Å². The smallest absolute Gasteiger partial charge is 0.339 e. The monoisotopic (exact) mass is 484 g/mol. The van der Waals surface area contributed by atoms with Crippen LogP contribution in [-0.2, 0) is 25.3 Å². The molecule has 1 aliphatic rings. The molecular formula is C21H22Cl2N2O5S. The first-order chi connectivity index (χ1) is 14.7. The highest BCUT2D eigenvalue weighted by Gasteiger charge is 2.33. The molecule has 1 aliphatic heterocycles. The molecule has 1 saturated heterocycles. The summed E-state index contributed by atoms with van der Waals surface area (Å²) in [5.41, 5.74) is 1.01. The number of piperidine rings is 1. The van der Waals surface area contributed by atoms with Crippen molar-refractivity contribution in [2.75, 3.05) is 25.5 Å². The van der Waals surface area contributed by atoms with Gasteiger partial charge in [-0.1, -0.05) is 41.4 Å². The summed E-state index contributed by atoms with van der Waals surface area (Å²) in [6, 6.07) is 11.2. The predicted octanol–water partition coefficient (Wildman–Crippen LogP) is 3.96. The summed E-state index contributed by atoms with van der Waals surface area (Å²) in [7, 11) is -2.42.